The molecule has 0 radical (unpaired) electrons. The molecule has 18 heavy (non-hydrogen) atoms. The molecule has 1 aromatic rings. The van der Waals surface area contributed by atoms with E-state index in [0.717, 1.165) is 23.7 Å². The van der Waals surface area contributed by atoms with Crippen LogP contribution in [-0.4, -0.2) is 43.5 Å². The summed E-state index contributed by atoms with van der Waals surface area (Å²) in [7, 11) is 0. The Morgan fingerprint density at radius 1 is 1.39 bits per heavy atom. The summed E-state index contributed by atoms with van der Waals surface area (Å²) in [6, 6.07) is 5.16. The van der Waals surface area contributed by atoms with Crippen molar-refractivity contribution >= 4 is 11.7 Å². The Hall–Kier alpha value is -1.95. The van der Waals surface area contributed by atoms with E-state index in [9.17, 15) is 4.79 Å². The summed E-state index contributed by atoms with van der Waals surface area (Å²) in [4.78, 5) is 13.0. The van der Waals surface area contributed by atoms with Crippen LogP contribution in [0.15, 0.2) is 18.2 Å². The molecule has 2 N–H and O–H groups in total. The summed E-state index contributed by atoms with van der Waals surface area (Å²) in [6.07, 6.45) is 0. The maximum Gasteiger partial charge on any atom is 0.322 e. The number of nitrogens with zero attached hydrogens (tertiary/aromatic N) is 1. The third kappa shape index (κ3) is 1.95. The first kappa shape index (κ1) is 11.2. The minimum absolute atomic E-state index is 0.248. The van der Waals surface area contributed by atoms with E-state index in [2.05, 4.69) is 5.32 Å². The largest absolute Gasteiger partial charge is 0.480 e. The standard InChI is InChI=1S/C12H14N2O4/c15-12(16)9-6-14(4-3-13-9)8-1-2-10-11(5-8)18-7-17-10/h1-2,5,9,13H,3-4,6-7H2,(H,15,16). The number of piperazine rings is 1. The highest BCUT2D eigenvalue weighted by atomic mass is 16.7. The van der Waals surface area contributed by atoms with E-state index in [4.69, 9.17) is 14.6 Å². The number of carbonyl (C=O) groups is 1. The highest BCUT2D eigenvalue weighted by Crippen LogP contribution is 2.35. The number of nitrogens with one attached hydrogen (secondary N) is 1. The minimum Gasteiger partial charge on any atom is -0.480 e. The Labute approximate surface area is 104 Å². The molecule has 1 saturated heterocycles. The van der Waals surface area contributed by atoms with Crippen molar-refractivity contribution in [1.29, 1.82) is 0 Å². The van der Waals surface area contributed by atoms with Crippen LogP contribution in [-0.2, 0) is 4.79 Å². The van der Waals surface area contributed by atoms with E-state index in [-0.39, 0.29) is 6.79 Å². The van der Waals surface area contributed by atoms with Gasteiger partial charge in [0.15, 0.2) is 11.5 Å². The third-order valence-corrected chi connectivity index (χ3v) is 3.19. The number of benzene rings is 1. The monoisotopic (exact) mass is 250 g/mol. The number of hydrogen-bond donors (Lipinski definition) is 2. The molecule has 2 aliphatic rings. The van der Waals surface area contributed by atoms with Gasteiger partial charge >= 0.3 is 5.97 Å². The summed E-state index contributed by atoms with van der Waals surface area (Å²) in [6.45, 7) is 2.14. The van der Waals surface area contributed by atoms with E-state index < -0.39 is 12.0 Å². The lowest BCUT2D eigenvalue weighted by Crippen LogP contribution is -2.54. The van der Waals surface area contributed by atoms with E-state index in [1.165, 1.54) is 0 Å². The van der Waals surface area contributed by atoms with Crippen molar-refractivity contribution in [3.8, 4) is 11.5 Å². The molecule has 0 aromatic heterocycles. The van der Waals surface area contributed by atoms with Gasteiger partial charge < -0.3 is 24.8 Å². The molecule has 6 nitrogen and oxygen atoms in total. The predicted octanol–water partition coefficient (Wildman–Crippen LogP) is 0.278. The molecule has 1 atom stereocenters. The Morgan fingerprint density at radius 2 is 2.22 bits per heavy atom. The predicted molar refractivity (Wildman–Crippen MR) is 64.2 cm³/mol. The number of fused-ring (bicyclic) bond motifs is 1. The SMILES string of the molecule is O=C(O)C1CN(c2ccc3c(c2)OCO3)CCN1. The number of rotatable bonds is 2. The molecule has 1 fully saturated rings. The molecule has 2 aliphatic heterocycles. The zero-order valence-corrected chi connectivity index (χ0v) is 9.76. The van der Waals surface area contributed by atoms with Crippen molar-refractivity contribution in [3.63, 3.8) is 0 Å². The van der Waals surface area contributed by atoms with Gasteiger partial charge in [-0.25, -0.2) is 0 Å². The van der Waals surface area contributed by atoms with Gasteiger partial charge in [-0.1, -0.05) is 0 Å². The van der Waals surface area contributed by atoms with Gasteiger partial charge in [0.05, 0.1) is 0 Å². The van der Waals surface area contributed by atoms with Crippen LogP contribution in [0.3, 0.4) is 0 Å². The van der Waals surface area contributed by atoms with Crippen LogP contribution in [0.5, 0.6) is 11.5 Å². The molecule has 2 heterocycles. The first-order valence-electron chi connectivity index (χ1n) is 5.85. The fraction of sp³-hybridized carbons (Fsp3) is 0.417. The number of hydrogen-bond acceptors (Lipinski definition) is 5. The fourth-order valence-electron chi connectivity index (χ4n) is 2.23. The zero-order chi connectivity index (χ0) is 12.5. The number of aliphatic carboxylic acids is 1. The summed E-state index contributed by atoms with van der Waals surface area (Å²) in [5, 5.41) is 12.0. The molecule has 1 unspecified atom stereocenters. The molecule has 6 heteroatoms. The Balaban J connectivity index is 1.80. The smallest absolute Gasteiger partial charge is 0.322 e. The van der Waals surface area contributed by atoms with E-state index >= 15 is 0 Å². The zero-order valence-electron chi connectivity index (χ0n) is 9.76. The average Bonchev–Trinajstić information content (AvgIpc) is 2.86. The minimum atomic E-state index is -0.819. The molecule has 1 aromatic carbocycles. The van der Waals surface area contributed by atoms with E-state index in [1.54, 1.807) is 0 Å². The topological polar surface area (TPSA) is 71.0 Å². The van der Waals surface area contributed by atoms with Crippen LogP contribution < -0.4 is 19.7 Å². The molecule has 0 aliphatic carbocycles. The molecular weight excluding hydrogens is 236 g/mol. The normalized spacial score (nSPS) is 22.0. The molecule has 0 amide bonds. The summed E-state index contributed by atoms with van der Waals surface area (Å²) < 4.78 is 10.6. The van der Waals surface area contributed by atoms with Crippen molar-refractivity contribution in [2.75, 3.05) is 31.3 Å². The number of carboxylic acids is 1. The van der Waals surface area contributed by atoms with Gasteiger partial charge in [-0.2, -0.15) is 0 Å². The van der Waals surface area contributed by atoms with Gasteiger partial charge in [-0.15, -0.1) is 0 Å². The summed E-state index contributed by atoms with van der Waals surface area (Å²) >= 11 is 0. The third-order valence-electron chi connectivity index (χ3n) is 3.19. The van der Waals surface area contributed by atoms with Crippen LogP contribution in [0.4, 0.5) is 5.69 Å². The van der Waals surface area contributed by atoms with Crippen molar-refractivity contribution in [2.45, 2.75) is 6.04 Å². The van der Waals surface area contributed by atoms with Gasteiger partial charge in [0, 0.05) is 31.4 Å². The van der Waals surface area contributed by atoms with E-state index in [0.29, 0.717) is 13.1 Å². The second-order valence-electron chi connectivity index (χ2n) is 4.33. The van der Waals surface area contributed by atoms with Gasteiger partial charge in [0.1, 0.15) is 6.04 Å². The second-order valence-corrected chi connectivity index (χ2v) is 4.33. The van der Waals surface area contributed by atoms with Crippen LogP contribution in [0.2, 0.25) is 0 Å². The lowest BCUT2D eigenvalue weighted by atomic mass is 10.1. The lowest BCUT2D eigenvalue weighted by Gasteiger charge is -2.33. The molecule has 96 valence electrons. The molecule has 0 saturated carbocycles. The van der Waals surface area contributed by atoms with Crippen molar-refractivity contribution in [2.24, 2.45) is 0 Å². The Bertz CT molecular complexity index is 477. The highest BCUT2D eigenvalue weighted by Gasteiger charge is 2.26. The first-order valence-corrected chi connectivity index (χ1v) is 5.85. The van der Waals surface area contributed by atoms with Crippen molar-refractivity contribution in [3.05, 3.63) is 18.2 Å². The average molecular weight is 250 g/mol. The van der Waals surface area contributed by atoms with Crippen LogP contribution >= 0.6 is 0 Å². The quantitative estimate of drug-likeness (QED) is 0.785. The molecule has 0 spiro atoms. The fourth-order valence-corrected chi connectivity index (χ4v) is 2.23. The highest BCUT2D eigenvalue weighted by molar-refractivity contribution is 5.75. The van der Waals surface area contributed by atoms with Gasteiger partial charge in [-0.05, 0) is 12.1 Å². The molecule has 3 rings (SSSR count). The number of carboxylic acid groups (broad SMARTS) is 1. The molecule has 0 bridgehead atoms. The van der Waals surface area contributed by atoms with Crippen molar-refractivity contribution in [1.82, 2.24) is 5.32 Å². The second kappa shape index (κ2) is 4.38. The lowest BCUT2D eigenvalue weighted by molar-refractivity contribution is -0.139. The maximum atomic E-state index is 11.0. The van der Waals surface area contributed by atoms with Crippen LogP contribution in [0.25, 0.3) is 0 Å². The first-order chi connectivity index (χ1) is 8.74. The van der Waals surface area contributed by atoms with Crippen molar-refractivity contribution < 1.29 is 19.4 Å². The maximum absolute atomic E-state index is 11.0. The van der Waals surface area contributed by atoms with Gasteiger partial charge in [-0.3, -0.25) is 4.79 Å². The van der Waals surface area contributed by atoms with Gasteiger partial charge in [0.25, 0.3) is 0 Å². The number of anilines is 1. The Kier molecular flexibility index (Phi) is 2.71. The van der Waals surface area contributed by atoms with Crippen LogP contribution in [0, 0.1) is 0 Å². The van der Waals surface area contributed by atoms with E-state index in [1.807, 2.05) is 23.1 Å². The summed E-state index contributed by atoms with van der Waals surface area (Å²) in [5.74, 6) is 0.641. The number of ether oxygens (including phenoxy) is 2. The molecular formula is C12H14N2O4. The van der Waals surface area contributed by atoms with Gasteiger partial charge in [0.2, 0.25) is 6.79 Å². The Morgan fingerprint density at radius 3 is 3.06 bits per heavy atom. The summed E-state index contributed by atoms with van der Waals surface area (Å²) in [5.41, 5.74) is 0.965. The van der Waals surface area contributed by atoms with Crippen LogP contribution in [0.1, 0.15) is 0 Å².